The van der Waals surface area contributed by atoms with E-state index in [4.69, 9.17) is 28.2 Å². The molecule has 134 valence electrons. The molecule has 2 heterocycles. The molecule has 1 N–H and O–H groups in total. The molecule has 0 fully saturated rings. The van der Waals surface area contributed by atoms with E-state index in [0.717, 1.165) is 39.0 Å². The van der Waals surface area contributed by atoms with Gasteiger partial charge in [-0.2, -0.15) is 0 Å². The van der Waals surface area contributed by atoms with Crippen molar-refractivity contribution in [1.29, 1.82) is 0 Å². The molecule has 4 rings (SSSR count). The molecule has 0 spiro atoms. The molecule has 0 unspecified atom stereocenters. The second-order valence-electron chi connectivity index (χ2n) is 6.15. The molecule has 0 aliphatic rings. The fraction of sp³-hybridized carbons (Fsp3) is 0.0952. The van der Waals surface area contributed by atoms with Gasteiger partial charge in [-0.15, -0.1) is 0 Å². The van der Waals surface area contributed by atoms with Gasteiger partial charge in [-0.05, 0) is 54.4 Å². The molecule has 0 saturated heterocycles. The van der Waals surface area contributed by atoms with Gasteiger partial charge in [0.2, 0.25) is 0 Å². The van der Waals surface area contributed by atoms with Gasteiger partial charge in [-0.3, -0.25) is 4.98 Å². The molecule has 4 nitrogen and oxygen atoms in total. The zero-order valence-corrected chi connectivity index (χ0v) is 16.3. The number of pyridine rings is 1. The molecule has 0 radical (unpaired) electrons. The maximum atomic E-state index is 6.43. The van der Waals surface area contributed by atoms with Gasteiger partial charge in [0.15, 0.2) is 5.82 Å². The van der Waals surface area contributed by atoms with E-state index in [0.29, 0.717) is 15.9 Å². The Balaban J connectivity index is 2.00. The molecule has 0 bridgehead atoms. The first-order chi connectivity index (χ1) is 13.1. The van der Waals surface area contributed by atoms with Gasteiger partial charge in [0.05, 0.1) is 5.52 Å². The van der Waals surface area contributed by atoms with Crippen LogP contribution in [0.4, 0.5) is 5.82 Å². The number of hydrogen-bond acceptors (Lipinski definition) is 4. The average Bonchev–Trinajstić information content (AvgIpc) is 2.70. The van der Waals surface area contributed by atoms with Crippen molar-refractivity contribution in [3.05, 3.63) is 70.5 Å². The Morgan fingerprint density at radius 1 is 0.963 bits per heavy atom. The molecule has 6 heteroatoms. The van der Waals surface area contributed by atoms with Crippen molar-refractivity contribution in [1.82, 2.24) is 15.0 Å². The van der Waals surface area contributed by atoms with Crippen molar-refractivity contribution in [3.8, 4) is 22.5 Å². The summed E-state index contributed by atoms with van der Waals surface area (Å²) in [5.74, 6) is 1.39. The summed E-state index contributed by atoms with van der Waals surface area (Å²) >= 11 is 12.6. The summed E-state index contributed by atoms with van der Waals surface area (Å²) in [6.45, 7) is 2.04. The van der Waals surface area contributed by atoms with Gasteiger partial charge >= 0.3 is 0 Å². The van der Waals surface area contributed by atoms with Crippen molar-refractivity contribution < 1.29 is 0 Å². The quantitative estimate of drug-likeness (QED) is 0.461. The van der Waals surface area contributed by atoms with Crippen LogP contribution in [0, 0.1) is 6.92 Å². The molecule has 0 saturated carbocycles. The molecule has 0 amide bonds. The van der Waals surface area contributed by atoms with E-state index in [1.165, 1.54) is 0 Å². The summed E-state index contributed by atoms with van der Waals surface area (Å²) < 4.78 is 0. The van der Waals surface area contributed by atoms with Crippen LogP contribution >= 0.6 is 23.2 Å². The van der Waals surface area contributed by atoms with E-state index in [2.05, 4.69) is 15.3 Å². The normalized spacial score (nSPS) is 11.0. The van der Waals surface area contributed by atoms with Gasteiger partial charge in [-0.25, -0.2) is 9.97 Å². The minimum absolute atomic E-state index is 0.623. The van der Waals surface area contributed by atoms with E-state index in [-0.39, 0.29) is 0 Å². The Morgan fingerprint density at radius 3 is 2.56 bits per heavy atom. The SMILES string of the molecule is CNc1nc(-c2cccnc2)nc2c(C)c(-c3cc(Cl)ccc3Cl)ccc12. The number of hydrogen-bond donors (Lipinski definition) is 1. The number of aromatic nitrogens is 3. The Morgan fingerprint density at radius 2 is 1.81 bits per heavy atom. The highest BCUT2D eigenvalue weighted by atomic mass is 35.5. The van der Waals surface area contributed by atoms with Crippen LogP contribution in [-0.2, 0) is 0 Å². The molecule has 2 aromatic heterocycles. The minimum Gasteiger partial charge on any atom is -0.373 e. The molecular formula is C21H16Cl2N4. The summed E-state index contributed by atoms with van der Waals surface area (Å²) in [6, 6.07) is 13.3. The maximum absolute atomic E-state index is 6.43. The fourth-order valence-corrected chi connectivity index (χ4v) is 3.53. The lowest BCUT2D eigenvalue weighted by Gasteiger charge is -2.14. The third kappa shape index (κ3) is 3.22. The van der Waals surface area contributed by atoms with Gasteiger partial charge in [-0.1, -0.05) is 29.3 Å². The smallest absolute Gasteiger partial charge is 0.163 e. The number of anilines is 1. The third-order valence-corrected chi connectivity index (χ3v) is 5.06. The zero-order valence-electron chi connectivity index (χ0n) is 14.8. The van der Waals surface area contributed by atoms with Gasteiger partial charge in [0, 0.05) is 46.0 Å². The van der Waals surface area contributed by atoms with Crippen LogP contribution in [0.5, 0.6) is 0 Å². The zero-order chi connectivity index (χ0) is 19.0. The number of nitrogens with one attached hydrogen (secondary N) is 1. The lowest BCUT2D eigenvalue weighted by atomic mass is 9.97. The second kappa shape index (κ2) is 7.14. The number of fused-ring (bicyclic) bond motifs is 1. The first-order valence-corrected chi connectivity index (χ1v) is 9.19. The number of halogens is 2. The van der Waals surface area contributed by atoms with Gasteiger partial charge in [0.25, 0.3) is 0 Å². The van der Waals surface area contributed by atoms with Crippen LogP contribution in [0.25, 0.3) is 33.4 Å². The van der Waals surface area contributed by atoms with Crippen LogP contribution in [0.2, 0.25) is 10.0 Å². The van der Waals surface area contributed by atoms with Crippen molar-refractivity contribution in [2.45, 2.75) is 6.92 Å². The first kappa shape index (κ1) is 17.7. The Bertz CT molecular complexity index is 1140. The monoisotopic (exact) mass is 394 g/mol. The molecule has 2 aromatic carbocycles. The van der Waals surface area contributed by atoms with Crippen molar-refractivity contribution in [3.63, 3.8) is 0 Å². The molecule has 0 aliphatic carbocycles. The Kier molecular flexibility index (Phi) is 4.68. The third-order valence-electron chi connectivity index (χ3n) is 4.50. The van der Waals surface area contributed by atoms with Crippen molar-refractivity contribution >= 4 is 39.9 Å². The van der Waals surface area contributed by atoms with Crippen molar-refractivity contribution in [2.75, 3.05) is 12.4 Å². The Hall–Kier alpha value is -2.69. The molecule has 0 atom stereocenters. The minimum atomic E-state index is 0.623. The highest BCUT2D eigenvalue weighted by Crippen LogP contribution is 2.37. The van der Waals surface area contributed by atoms with Crippen molar-refractivity contribution in [2.24, 2.45) is 0 Å². The summed E-state index contributed by atoms with van der Waals surface area (Å²) in [5.41, 5.74) is 4.62. The van der Waals surface area contributed by atoms with Gasteiger partial charge < -0.3 is 5.32 Å². The van der Waals surface area contributed by atoms with Crippen LogP contribution < -0.4 is 5.32 Å². The predicted molar refractivity (Wildman–Crippen MR) is 113 cm³/mol. The summed E-state index contributed by atoms with van der Waals surface area (Å²) in [5, 5.41) is 5.41. The molecule has 0 aliphatic heterocycles. The highest BCUT2D eigenvalue weighted by Gasteiger charge is 2.15. The number of nitrogens with zero attached hydrogens (tertiary/aromatic N) is 3. The Labute approximate surface area is 167 Å². The molecular weight excluding hydrogens is 379 g/mol. The maximum Gasteiger partial charge on any atom is 0.163 e. The average molecular weight is 395 g/mol. The predicted octanol–water partition coefficient (Wildman–Crippen LogP) is 6.02. The van der Waals surface area contributed by atoms with E-state index < -0.39 is 0 Å². The van der Waals surface area contributed by atoms with E-state index in [9.17, 15) is 0 Å². The van der Waals surface area contributed by atoms with E-state index >= 15 is 0 Å². The largest absolute Gasteiger partial charge is 0.373 e. The topological polar surface area (TPSA) is 50.7 Å². The van der Waals surface area contributed by atoms with E-state index in [1.54, 1.807) is 18.5 Å². The number of benzene rings is 2. The number of aryl methyl sites for hydroxylation is 1. The highest BCUT2D eigenvalue weighted by molar-refractivity contribution is 6.35. The van der Waals surface area contributed by atoms with Crippen LogP contribution in [0.3, 0.4) is 0 Å². The van der Waals surface area contributed by atoms with Crippen LogP contribution in [0.15, 0.2) is 54.9 Å². The lowest BCUT2D eigenvalue weighted by Crippen LogP contribution is -2.01. The van der Waals surface area contributed by atoms with Crippen LogP contribution in [0.1, 0.15) is 5.56 Å². The van der Waals surface area contributed by atoms with E-state index in [1.807, 2.05) is 50.4 Å². The molecule has 4 aromatic rings. The summed E-state index contributed by atoms with van der Waals surface area (Å²) in [4.78, 5) is 13.7. The summed E-state index contributed by atoms with van der Waals surface area (Å²) in [6.07, 6.45) is 3.49. The lowest BCUT2D eigenvalue weighted by molar-refractivity contribution is 1.19. The second-order valence-corrected chi connectivity index (χ2v) is 6.99. The molecule has 27 heavy (non-hydrogen) atoms. The fourth-order valence-electron chi connectivity index (χ4n) is 3.14. The standard InChI is InChI=1S/C21H16Cl2N4/c1-12-15(17-10-14(22)5-8-18(17)23)6-7-16-19(12)26-20(27-21(16)24-2)13-4-3-9-25-11-13/h3-11H,1-2H3,(H,24,26,27). The van der Waals surface area contributed by atoms with Crippen LogP contribution in [-0.4, -0.2) is 22.0 Å². The number of rotatable bonds is 3. The summed E-state index contributed by atoms with van der Waals surface area (Å²) in [7, 11) is 1.85. The van der Waals surface area contributed by atoms with Gasteiger partial charge in [0.1, 0.15) is 5.82 Å². The first-order valence-electron chi connectivity index (χ1n) is 8.43.